The summed E-state index contributed by atoms with van der Waals surface area (Å²) in [6, 6.07) is 15.5. The van der Waals surface area contributed by atoms with E-state index in [0.717, 1.165) is 16.5 Å². The highest BCUT2D eigenvalue weighted by Crippen LogP contribution is 2.46. The highest BCUT2D eigenvalue weighted by molar-refractivity contribution is 5.93. The van der Waals surface area contributed by atoms with Crippen molar-refractivity contribution in [3.05, 3.63) is 84.2 Å². The molecule has 1 aliphatic rings. The van der Waals surface area contributed by atoms with Crippen LogP contribution in [0.2, 0.25) is 0 Å². The van der Waals surface area contributed by atoms with Crippen molar-refractivity contribution < 1.29 is 9.53 Å². The average Bonchev–Trinajstić information content (AvgIpc) is 2.90. The Bertz CT molecular complexity index is 900. The van der Waals surface area contributed by atoms with Crippen LogP contribution in [0, 0.1) is 0 Å². The van der Waals surface area contributed by atoms with Gasteiger partial charge in [0.1, 0.15) is 6.10 Å². The summed E-state index contributed by atoms with van der Waals surface area (Å²) in [5, 5.41) is 0.892. The van der Waals surface area contributed by atoms with E-state index in [2.05, 4.69) is 16.5 Å². The smallest absolute Gasteiger partial charge is 0.334 e. The van der Waals surface area contributed by atoms with Gasteiger partial charge in [0.15, 0.2) is 5.65 Å². The summed E-state index contributed by atoms with van der Waals surface area (Å²) < 4.78 is 5.64. The molecule has 1 saturated heterocycles. The third-order valence-corrected chi connectivity index (χ3v) is 4.19. The topological polar surface area (TPSA) is 52.1 Å². The summed E-state index contributed by atoms with van der Waals surface area (Å²) in [7, 11) is 0. The first-order chi connectivity index (χ1) is 11.3. The lowest BCUT2D eigenvalue weighted by Gasteiger charge is -2.19. The molecule has 1 fully saturated rings. The van der Waals surface area contributed by atoms with Crippen LogP contribution in [0.4, 0.5) is 0 Å². The minimum atomic E-state index is -0.410. The maximum Gasteiger partial charge on any atom is 0.334 e. The number of aromatic nitrogens is 2. The van der Waals surface area contributed by atoms with Crippen LogP contribution in [0.15, 0.2) is 73.1 Å². The summed E-state index contributed by atoms with van der Waals surface area (Å²) in [6.07, 6.45) is 2.99. The van der Waals surface area contributed by atoms with Gasteiger partial charge in [0, 0.05) is 28.9 Å². The fraction of sp³-hybridized carbons (Fsp3) is 0.105. The Labute approximate surface area is 133 Å². The number of hydrogen-bond donors (Lipinski definition) is 0. The first-order valence-corrected chi connectivity index (χ1v) is 7.40. The standard InChI is InChI=1S/C19H14N2O2/c1-12-16(13-6-3-2-4-7-13)17(23-19(12)22)14-9-11-21-18-15(14)8-5-10-20-18/h2-11,16-17H,1H2/t16-,17-/m1/s1. The van der Waals surface area contributed by atoms with Gasteiger partial charge >= 0.3 is 5.97 Å². The molecule has 4 heteroatoms. The van der Waals surface area contributed by atoms with E-state index in [4.69, 9.17) is 4.74 Å². The molecule has 1 aliphatic heterocycles. The van der Waals surface area contributed by atoms with Gasteiger partial charge in [-0.3, -0.25) is 0 Å². The van der Waals surface area contributed by atoms with E-state index in [9.17, 15) is 4.79 Å². The highest BCUT2D eigenvalue weighted by atomic mass is 16.6. The minimum absolute atomic E-state index is 0.200. The molecule has 2 atom stereocenters. The van der Waals surface area contributed by atoms with Crippen LogP contribution >= 0.6 is 0 Å². The third-order valence-electron chi connectivity index (χ3n) is 4.19. The number of fused-ring (bicyclic) bond motifs is 1. The third kappa shape index (κ3) is 2.19. The number of hydrogen-bond acceptors (Lipinski definition) is 4. The highest BCUT2D eigenvalue weighted by Gasteiger charge is 2.41. The quantitative estimate of drug-likeness (QED) is 0.536. The molecule has 0 saturated carbocycles. The van der Waals surface area contributed by atoms with Crippen LogP contribution in [0.3, 0.4) is 0 Å². The maximum absolute atomic E-state index is 12.1. The van der Waals surface area contributed by atoms with E-state index < -0.39 is 6.10 Å². The van der Waals surface area contributed by atoms with Gasteiger partial charge in [-0.15, -0.1) is 0 Å². The lowest BCUT2D eigenvalue weighted by Crippen LogP contribution is -2.08. The van der Waals surface area contributed by atoms with Crippen LogP contribution in [0.25, 0.3) is 11.0 Å². The number of carbonyl (C=O) groups excluding carboxylic acids is 1. The van der Waals surface area contributed by atoms with Gasteiger partial charge < -0.3 is 4.74 Å². The number of ether oxygens (including phenoxy) is 1. The second-order valence-corrected chi connectivity index (χ2v) is 5.51. The molecule has 4 rings (SSSR count). The molecule has 1 aromatic carbocycles. The van der Waals surface area contributed by atoms with Gasteiger partial charge in [0.25, 0.3) is 0 Å². The SMILES string of the molecule is C=C1C(=O)O[C@H](c2ccnc3ncccc23)[C@H]1c1ccccc1. The van der Waals surface area contributed by atoms with Crippen molar-refractivity contribution in [3.8, 4) is 0 Å². The molecular weight excluding hydrogens is 288 g/mol. The van der Waals surface area contributed by atoms with Crippen molar-refractivity contribution in [2.75, 3.05) is 0 Å². The Morgan fingerprint density at radius 1 is 0.957 bits per heavy atom. The molecule has 0 amide bonds. The summed E-state index contributed by atoms with van der Waals surface area (Å²) in [4.78, 5) is 20.7. The van der Waals surface area contributed by atoms with Crippen molar-refractivity contribution in [2.45, 2.75) is 12.0 Å². The van der Waals surface area contributed by atoms with Crippen molar-refractivity contribution in [1.82, 2.24) is 9.97 Å². The fourth-order valence-electron chi connectivity index (χ4n) is 3.10. The first kappa shape index (κ1) is 13.6. The lowest BCUT2D eigenvalue weighted by molar-refractivity contribution is -0.139. The zero-order valence-electron chi connectivity index (χ0n) is 12.3. The van der Waals surface area contributed by atoms with Crippen LogP contribution in [-0.2, 0) is 9.53 Å². The van der Waals surface area contributed by atoms with Gasteiger partial charge in [-0.1, -0.05) is 36.9 Å². The first-order valence-electron chi connectivity index (χ1n) is 7.40. The number of cyclic esters (lactones) is 1. The zero-order chi connectivity index (χ0) is 15.8. The van der Waals surface area contributed by atoms with E-state index in [-0.39, 0.29) is 11.9 Å². The summed E-state index contributed by atoms with van der Waals surface area (Å²) >= 11 is 0. The van der Waals surface area contributed by atoms with Crippen LogP contribution < -0.4 is 0 Å². The number of carbonyl (C=O) groups is 1. The number of rotatable bonds is 2. The predicted octanol–water partition coefficient (Wildman–Crippen LogP) is 3.57. The van der Waals surface area contributed by atoms with Crippen LogP contribution in [0.1, 0.15) is 23.1 Å². The minimum Gasteiger partial charge on any atom is -0.453 e. The molecule has 0 radical (unpaired) electrons. The maximum atomic E-state index is 12.1. The van der Waals surface area contributed by atoms with Crippen molar-refractivity contribution >= 4 is 17.0 Å². The molecule has 23 heavy (non-hydrogen) atoms. The van der Waals surface area contributed by atoms with E-state index in [0.29, 0.717) is 11.2 Å². The fourth-order valence-corrected chi connectivity index (χ4v) is 3.10. The van der Waals surface area contributed by atoms with Gasteiger partial charge in [-0.2, -0.15) is 0 Å². The Morgan fingerprint density at radius 3 is 2.57 bits per heavy atom. The lowest BCUT2D eigenvalue weighted by atomic mass is 9.85. The molecular formula is C19H14N2O2. The van der Waals surface area contributed by atoms with E-state index in [1.54, 1.807) is 12.4 Å². The Kier molecular flexibility index (Phi) is 3.15. The predicted molar refractivity (Wildman–Crippen MR) is 86.7 cm³/mol. The van der Waals surface area contributed by atoms with E-state index in [1.165, 1.54) is 0 Å². The van der Waals surface area contributed by atoms with Crippen molar-refractivity contribution in [3.63, 3.8) is 0 Å². The molecule has 0 unspecified atom stereocenters. The number of pyridine rings is 2. The largest absolute Gasteiger partial charge is 0.453 e. The molecule has 0 bridgehead atoms. The monoisotopic (exact) mass is 302 g/mol. The van der Waals surface area contributed by atoms with Crippen LogP contribution in [-0.4, -0.2) is 15.9 Å². The molecule has 4 nitrogen and oxygen atoms in total. The number of esters is 1. The molecule has 3 aromatic rings. The Morgan fingerprint density at radius 2 is 1.74 bits per heavy atom. The summed E-state index contributed by atoms with van der Waals surface area (Å²) in [5.41, 5.74) is 3.05. The summed E-state index contributed by atoms with van der Waals surface area (Å²) in [6.45, 7) is 3.94. The van der Waals surface area contributed by atoms with Gasteiger partial charge in [-0.25, -0.2) is 14.8 Å². The molecule has 0 spiro atoms. The zero-order valence-corrected chi connectivity index (χ0v) is 12.3. The van der Waals surface area contributed by atoms with Crippen molar-refractivity contribution in [2.24, 2.45) is 0 Å². The molecule has 112 valence electrons. The Balaban J connectivity index is 1.89. The number of nitrogens with zero attached hydrogens (tertiary/aromatic N) is 2. The van der Waals surface area contributed by atoms with E-state index >= 15 is 0 Å². The van der Waals surface area contributed by atoms with Gasteiger partial charge in [-0.05, 0) is 23.8 Å². The molecule has 0 N–H and O–H groups in total. The van der Waals surface area contributed by atoms with E-state index in [1.807, 2.05) is 48.5 Å². The second-order valence-electron chi connectivity index (χ2n) is 5.51. The molecule has 2 aromatic heterocycles. The Hall–Kier alpha value is -3.01. The second kappa shape index (κ2) is 5.32. The summed E-state index contributed by atoms with van der Waals surface area (Å²) in [5.74, 6) is -0.549. The van der Waals surface area contributed by atoms with Gasteiger partial charge in [0.05, 0.1) is 5.92 Å². The average molecular weight is 302 g/mol. The van der Waals surface area contributed by atoms with Crippen LogP contribution in [0.5, 0.6) is 0 Å². The number of benzene rings is 1. The van der Waals surface area contributed by atoms with Gasteiger partial charge in [0.2, 0.25) is 0 Å². The molecule has 0 aliphatic carbocycles. The normalized spacial score (nSPS) is 20.7. The van der Waals surface area contributed by atoms with Crippen molar-refractivity contribution in [1.29, 1.82) is 0 Å². The molecule has 3 heterocycles.